The van der Waals surface area contributed by atoms with Gasteiger partial charge < -0.3 is 24.8 Å². The maximum absolute atomic E-state index is 12.1. The van der Waals surface area contributed by atoms with E-state index in [0.717, 1.165) is 48.2 Å². The van der Waals surface area contributed by atoms with Gasteiger partial charge >= 0.3 is 6.09 Å². The molecule has 0 bridgehead atoms. The first-order valence-electron chi connectivity index (χ1n) is 11.4. The van der Waals surface area contributed by atoms with Crippen LogP contribution in [0.3, 0.4) is 0 Å². The first-order valence-corrected chi connectivity index (χ1v) is 11.4. The molecular weight excluding hydrogens is 420 g/mol. The van der Waals surface area contributed by atoms with Crippen molar-refractivity contribution in [3.05, 3.63) is 48.0 Å². The van der Waals surface area contributed by atoms with E-state index in [4.69, 9.17) is 19.4 Å². The van der Waals surface area contributed by atoms with Gasteiger partial charge in [-0.2, -0.15) is 0 Å². The van der Waals surface area contributed by atoms with Crippen LogP contribution in [-0.2, 0) is 9.47 Å². The number of hydrogen-bond donors (Lipinski definition) is 2. The van der Waals surface area contributed by atoms with Crippen molar-refractivity contribution in [2.45, 2.75) is 25.9 Å². The molecule has 2 fully saturated rings. The van der Waals surface area contributed by atoms with Gasteiger partial charge in [0.25, 0.3) is 0 Å². The molecule has 0 unspecified atom stereocenters. The number of benzene rings is 2. The van der Waals surface area contributed by atoms with Crippen LogP contribution >= 0.6 is 0 Å². The normalized spacial score (nSPS) is 20.3. The van der Waals surface area contributed by atoms with Crippen molar-refractivity contribution in [3.8, 4) is 17.1 Å². The maximum Gasteiger partial charge on any atom is 0.407 e. The lowest BCUT2D eigenvalue weighted by molar-refractivity contribution is 0.0825. The van der Waals surface area contributed by atoms with Gasteiger partial charge in [-0.05, 0) is 49.1 Å². The Morgan fingerprint density at radius 1 is 1.24 bits per heavy atom. The van der Waals surface area contributed by atoms with Gasteiger partial charge in [0.05, 0.1) is 24.3 Å². The zero-order valence-electron chi connectivity index (χ0n) is 18.7. The average Bonchev–Trinajstić information content (AvgIpc) is 3.49. The van der Waals surface area contributed by atoms with Crippen molar-refractivity contribution < 1.29 is 19.4 Å². The maximum atomic E-state index is 12.1. The van der Waals surface area contributed by atoms with Crippen LogP contribution in [0, 0.1) is 12.8 Å². The number of nitrogens with zero attached hydrogens (tertiary/aromatic N) is 3. The molecule has 172 valence electrons. The molecule has 3 heterocycles. The number of carbonyl (C=O) groups excluding carboxylic acids is 1. The van der Waals surface area contributed by atoms with Crippen molar-refractivity contribution in [3.63, 3.8) is 0 Å². The number of aromatic hydroxyl groups is 1. The molecule has 2 N–H and O–H groups in total. The Balaban J connectivity index is 1.34. The Kier molecular flexibility index (Phi) is 6.00. The van der Waals surface area contributed by atoms with E-state index in [9.17, 15) is 9.90 Å². The van der Waals surface area contributed by atoms with Crippen LogP contribution in [0.2, 0.25) is 0 Å². The third kappa shape index (κ3) is 4.71. The number of para-hydroxylation sites is 1. The first kappa shape index (κ1) is 21.5. The number of aryl methyl sites for hydroxylation is 1. The Bertz CT molecular complexity index is 1160. The zero-order valence-corrected chi connectivity index (χ0v) is 18.7. The summed E-state index contributed by atoms with van der Waals surface area (Å²) in [6.07, 6.45) is 1.17. The second-order valence-corrected chi connectivity index (χ2v) is 8.78. The van der Waals surface area contributed by atoms with Crippen LogP contribution in [0.4, 0.5) is 10.6 Å². The second kappa shape index (κ2) is 9.23. The lowest BCUT2D eigenvalue weighted by Gasteiger charge is -2.21. The Hall–Kier alpha value is -3.39. The number of carbonyl (C=O) groups is 1. The summed E-state index contributed by atoms with van der Waals surface area (Å²) in [5.74, 6) is 1.81. The predicted octanol–water partition coefficient (Wildman–Crippen LogP) is 3.65. The molecule has 1 aromatic heterocycles. The number of amides is 1. The van der Waals surface area contributed by atoms with Crippen LogP contribution in [0.1, 0.15) is 18.4 Å². The number of rotatable bonds is 5. The van der Waals surface area contributed by atoms with E-state index >= 15 is 0 Å². The van der Waals surface area contributed by atoms with Gasteiger partial charge in [0, 0.05) is 31.4 Å². The van der Waals surface area contributed by atoms with E-state index < -0.39 is 0 Å². The van der Waals surface area contributed by atoms with E-state index in [1.165, 1.54) is 0 Å². The number of hydrogen-bond acceptors (Lipinski definition) is 7. The SMILES string of the molecule is Cc1ccc2c(N3CC[C@@H](CNC(=O)O[C@H]4CCOC4)C3)nc(-c3ccccc3O)nc2c1. The number of phenols is 1. The fourth-order valence-electron chi connectivity index (χ4n) is 4.47. The molecule has 2 aliphatic heterocycles. The lowest BCUT2D eigenvalue weighted by atomic mass is 10.1. The molecule has 33 heavy (non-hydrogen) atoms. The second-order valence-electron chi connectivity index (χ2n) is 8.78. The summed E-state index contributed by atoms with van der Waals surface area (Å²) in [7, 11) is 0. The molecule has 8 heteroatoms. The third-order valence-electron chi connectivity index (χ3n) is 6.26. The molecule has 8 nitrogen and oxygen atoms in total. The Morgan fingerprint density at radius 3 is 2.94 bits per heavy atom. The molecule has 0 aliphatic carbocycles. The van der Waals surface area contributed by atoms with Gasteiger partial charge in [-0.1, -0.05) is 18.2 Å². The Morgan fingerprint density at radius 2 is 2.12 bits per heavy atom. The summed E-state index contributed by atoms with van der Waals surface area (Å²) in [4.78, 5) is 24.0. The summed E-state index contributed by atoms with van der Waals surface area (Å²) in [6.45, 7) is 5.31. The molecule has 2 atom stereocenters. The summed E-state index contributed by atoms with van der Waals surface area (Å²) >= 11 is 0. The molecule has 0 radical (unpaired) electrons. The van der Waals surface area contributed by atoms with Crippen LogP contribution in [0.15, 0.2) is 42.5 Å². The van der Waals surface area contributed by atoms with Gasteiger partial charge in [0.1, 0.15) is 17.7 Å². The van der Waals surface area contributed by atoms with Gasteiger partial charge in [-0.25, -0.2) is 14.8 Å². The largest absolute Gasteiger partial charge is 0.507 e. The van der Waals surface area contributed by atoms with E-state index in [1.807, 2.05) is 25.1 Å². The average molecular weight is 449 g/mol. The standard InChI is InChI=1S/C25H28N4O4/c1-16-6-7-19-21(12-16)27-23(20-4-2-3-5-22(20)30)28-24(19)29-10-8-17(14-29)13-26-25(31)33-18-9-11-32-15-18/h2-7,12,17-18,30H,8-11,13-15H2,1H3,(H,26,31)/t17-,18-/m0/s1. The Labute approximate surface area is 192 Å². The minimum atomic E-state index is -0.381. The minimum absolute atomic E-state index is 0.145. The molecule has 5 rings (SSSR count). The lowest BCUT2D eigenvalue weighted by Crippen LogP contribution is -2.34. The molecule has 1 amide bonds. The van der Waals surface area contributed by atoms with E-state index in [-0.39, 0.29) is 17.9 Å². The van der Waals surface area contributed by atoms with Gasteiger partial charge in [0.2, 0.25) is 0 Å². The van der Waals surface area contributed by atoms with Gasteiger partial charge in [-0.15, -0.1) is 0 Å². The van der Waals surface area contributed by atoms with Crippen molar-refractivity contribution >= 4 is 22.8 Å². The fourth-order valence-corrected chi connectivity index (χ4v) is 4.47. The minimum Gasteiger partial charge on any atom is -0.507 e. The summed E-state index contributed by atoms with van der Waals surface area (Å²) in [6, 6.07) is 13.3. The highest BCUT2D eigenvalue weighted by atomic mass is 16.6. The van der Waals surface area contributed by atoms with E-state index in [0.29, 0.717) is 37.1 Å². The number of nitrogens with one attached hydrogen (secondary N) is 1. The topological polar surface area (TPSA) is 96.8 Å². The number of ether oxygens (including phenoxy) is 2. The summed E-state index contributed by atoms with van der Waals surface area (Å²) < 4.78 is 10.6. The van der Waals surface area contributed by atoms with E-state index in [2.05, 4.69) is 22.3 Å². The number of phenolic OH excluding ortho intramolecular Hbond substituents is 1. The van der Waals surface area contributed by atoms with Crippen LogP contribution in [0.25, 0.3) is 22.3 Å². The summed E-state index contributed by atoms with van der Waals surface area (Å²) in [5, 5.41) is 14.2. The monoisotopic (exact) mass is 448 g/mol. The predicted molar refractivity (Wildman–Crippen MR) is 125 cm³/mol. The van der Waals surface area contributed by atoms with Crippen LogP contribution in [0.5, 0.6) is 5.75 Å². The van der Waals surface area contributed by atoms with Gasteiger partial charge in [0.15, 0.2) is 5.82 Å². The molecule has 2 aromatic carbocycles. The molecule has 2 aliphatic rings. The van der Waals surface area contributed by atoms with Crippen LogP contribution in [-0.4, -0.2) is 60.1 Å². The smallest absolute Gasteiger partial charge is 0.407 e. The number of alkyl carbamates (subject to hydrolysis) is 1. The zero-order chi connectivity index (χ0) is 22.8. The number of fused-ring (bicyclic) bond motifs is 1. The highest BCUT2D eigenvalue weighted by molar-refractivity contribution is 5.92. The highest BCUT2D eigenvalue weighted by Crippen LogP contribution is 2.33. The molecule has 0 saturated carbocycles. The van der Waals surface area contributed by atoms with E-state index in [1.54, 1.807) is 12.1 Å². The molecular formula is C25H28N4O4. The fraction of sp³-hybridized carbons (Fsp3) is 0.400. The quantitative estimate of drug-likeness (QED) is 0.615. The molecule has 3 aromatic rings. The van der Waals surface area contributed by atoms with Gasteiger partial charge in [-0.3, -0.25) is 0 Å². The number of anilines is 1. The summed E-state index contributed by atoms with van der Waals surface area (Å²) in [5.41, 5.74) is 2.57. The third-order valence-corrected chi connectivity index (χ3v) is 6.26. The van der Waals surface area contributed by atoms with Crippen molar-refractivity contribution in [2.24, 2.45) is 5.92 Å². The highest BCUT2D eigenvalue weighted by Gasteiger charge is 2.27. The molecule has 2 saturated heterocycles. The molecule has 0 spiro atoms. The first-order chi connectivity index (χ1) is 16.1. The van der Waals surface area contributed by atoms with Crippen LogP contribution < -0.4 is 10.2 Å². The van der Waals surface area contributed by atoms with Crippen molar-refractivity contribution in [1.29, 1.82) is 0 Å². The number of aromatic nitrogens is 2. The van der Waals surface area contributed by atoms with Crippen molar-refractivity contribution in [2.75, 3.05) is 37.7 Å². The van der Waals surface area contributed by atoms with Crippen molar-refractivity contribution in [1.82, 2.24) is 15.3 Å².